The Morgan fingerprint density at radius 2 is 1.53 bits per heavy atom. The van der Waals surface area contributed by atoms with Crippen LogP contribution < -0.4 is 4.90 Å². The van der Waals surface area contributed by atoms with Crippen LogP contribution in [0, 0.1) is 17.8 Å². The van der Waals surface area contributed by atoms with Gasteiger partial charge in [0.25, 0.3) is 0 Å². The van der Waals surface area contributed by atoms with E-state index in [1.807, 2.05) is 43.3 Å². The van der Waals surface area contributed by atoms with Gasteiger partial charge in [-0.1, -0.05) is 27.2 Å². The highest BCUT2D eigenvalue weighted by atomic mass is 16.5. The van der Waals surface area contributed by atoms with E-state index in [2.05, 4.69) is 31.0 Å². The topological polar surface area (TPSA) is 54.3 Å². The fourth-order valence-corrected chi connectivity index (χ4v) is 4.05. The molecule has 0 saturated heterocycles. The Hall–Kier alpha value is -2.69. The molecule has 0 unspecified atom stereocenters. The zero-order chi connectivity index (χ0) is 21.7. The number of nitrogens with zero attached hydrogens (tertiary/aromatic N) is 3. The van der Waals surface area contributed by atoms with E-state index in [0.29, 0.717) is 29.0 Å². The van der Waals surface area contributed by atoms with Crippen LogP contribution in [0.25, 0.3) is 0 Å². The molecule has 0 bridgehead atoms. The maximum absolute atomic E-state index is 12.7. The first-order chi connectivity index (χ1) is 14.3. The molecule has 30 heavy (non-hydrogen) atoms. The Bertz CT molecular complexity index is 857. The molecule has 2 aromatic carbocycles. The summed E-state index contributed by atoms with van der Waals surface area (Å²) >= 11 is 0. The Labute approximate surface area is 180 Å². The Kier molecular flexibility index (Phi) is 7.24. The van der Waals surface area contributed by atoms with Crippen molar-refractivity contribution in [2.45, 2.75) is 46.1 Å². The fourth-order valence-electron chi connectivity index (χ4n) is 4.05. The predicted molar refractivity (Wildman–Crippen MR) is 122 cm³/mol. The number of carbonyl (C=O) groups excluding carboxylic acids is 1. The third-order valence-corrected chi connectivity index (χ3v) is 5.97. The SMILES string of the molecule is CC(C)[C@@H]1CC[C@@H](C)C[C@H]1OC(=O)c1ccc(N=Nc2ccc(N(C)C)cc2)cc1. The van der Waals surface area contributed by atoms with E-state index in [4.69, 9.17) is 4.74 Å². The minimum atomic E-state index is -0.248. The van der Waals surface area contributed by atoms with Crippen molar-refractivity contribution >= 4 is 23.0 Å². The first-order valence-electron chi connectivity index (χ1n) is 10.8. The lowest BCUT2D eigenvalue weighted by Crippen LogP contribution is -2.35. The minimum absolute atomic E-state index is 0.00533. The molecule has 0 radical (unpaired) electrons. The predicted octanol–water partition coefficient (Wildman–Crippen LogP) is 6.79. The van der Waals surface area contributed by atoms with Crippen molar-refractivity contribution in [3.8, 4) is 0 Å². The van der Waals surface area contributed by atoms with Gasteiger partial charge in [0.2, 0.25) is 0 Å². The molecule has 5 heteroatoms. The highest BCUT2D eigenvalue weighted by Crippen LogP contribution is 2.35. The summed E-state index contributed by atoms with van der Waals surface area (Å²) in [6, 6.07) is 15.0. The van der Waals surface area contributed by atoms with Gasteiger partial charge in [-0.15, -0.1) is 0 Å². The van der Waals surface area contributed by atoms with Crippen LogP contribution in [0.15, 0.2) is 58.8 Å². The molecule has 0 aliphatic heterocycles. The molecular formula is C25H33N3O2. The van der Waals surface area contributed by atoms with E-state index in [1.54, 1.807) is 24.3 Å². The molecule has 0 amide bonds. The Morgan fingerprint density at radius 3 is 2.07 bits per heavy atom. The number of hydrogen-bond donors (Lipinski definition) is 0. The molecule has 2 aromatic rings. The van der Waals surface area contributed by atoms with Crippen molar-refractivity contribution in [3.05, 3.63) is 54.1 Å². The first kappa shape index (κ1) is 22.0. The van der Waals surface area contributed by atoms with Gasteiger partial charge < -0.3 is 9.64 Å². The van der Waals surface area contributed by atoms with Gasteiger partial charge in [-0.2, -0.15) is 10.2 Å². The standard InChI is InChI=1S/C25H33N3O2/c1-17(2)23-15-6-18(3)16-24(23)30-25(29)19-7-9-20(10-8-19)26-27-21-11-13-22(14-12-21)28(4)5/h7-14,17-18,23-24H,6,15-16H2,1-5H3/t18-,23+,24-/m1/s1. The molecule has 0 N–H and O–H groups in total. The number of rotatable bonds is 6. The second-order valence-electron chi connectivity index (χ2n) is 8.93. The largest absolute Gasteiger partial charge is 0.458 e. The summed E-state index contributed by atoms with van der Waals surface area (Å²) in [6.07, 6.45) is 3.30. The summed E-state index contributed by atoms with van der Waals surface area (Å²) in [6.45, 7) is 6.68. The van der Waals surface area contributed by atoms with E-state index >= 15 is 0 Å². The van der Waals surface area contributed by atoms with E-state index < -0.39 is 0 Å². The third kappa shape index (κ3) is 5.68. The highest BCUT2D eigenvalue weighted by Gasteiger charge is 2.33. The Morgan fingerprint density at radius 1 is 0.967 bits per heavy atom. The summed E-state index contributed by atoms with van der Waals surface area (Å²) < 4.78 is 5.92. The van der Waals surface area contributed by atoms with Crippen molar-refractivity contribution in [2.24, 2.45) is 28.0 Å². The van der Waals surface area contributed by atoms with Crippen molar-refractivity contribution < 1.29 is 9.53 Å². The zero-order valence-electron chi connectivity index (χ0n) is 18.7. The number of ether oxygens (including phenoxy) is 1. The van der Waals surface area contributed by atoms with E-state index in [-0.39, 0.29) is 12.1 Å². The smallest absolute Gasteiger partial charge is 0.338 e. The number of benzene rings is 2. The number of carbonyl (C=O) groups is 1. The molecule has 1 saturated carbocycles. The van der Waals surface area contributed by atoms with Gasteiger partial charge in [0, 0.05) is 19.8 Å². The molecule has 0 aromatic heterocycles. The number of anilines is 1. The van der Waals surface area contributed by atoms with Crippen LogP contribution in [0.1, 0.15) is 50.4 Å². The van der Waals surface area contributed by atoms with Crippen molar-refractivity contribution in [1.82, 2.24) is 0 Å². The molecule has 0 heterocycles. The summed E-state index contributed by atoms with van der Waals surface area (Å²) in [4.78, 5) is 14.7. The van der Waals surface area contributed by atoms with Crippen LogP contribution in [0.2, 0.25) is 0 Å². The van der Waals surface area contributed by atoms with Gasteiger partial charge in [-0.05, 0) is 79.1 Å². The van der Waals surface area contributed by atoms with Crippen LogP contribution in [0.5, 0.6) is 0 Å². The highest BCUT2D eigenvalue weighted by molar-refractivity contribution is 5.89. The molecular weight excluding hydrogens is 374 g/mol. The molecule has 160 valence electrons. The Balaban J connectivity index is 1.62. The number of esters is 1. The maximum atomic E-state index is 12.7. The average Bonchev–Trinajstić information content (AvgIpc) is 2.72. The summed E-state index contributed by atoms with van der Waals surface area (Å²) in [5.41, 5.74) is 3.17. The zero-order valence-corrected chi connectivity index (χ0v) is 18.7. The normalized spacial score (nSPS) is 21.7. The van der Waals surface area contributed by atoms with Crippen LogP contribution in [0.3, 0.4) is 0 Å². The molecule has 1 aliphatic rings. The lowest BCUT2D eigenvalue weighted by molar-refractivity contribution is -0.0174. The second-order valence-corrected chi connectivity index (χ2v) is 8.93. The summed E-state index contributed by atoms with van der Waals surface area (Å²) in [5, 5.41) is 8.54. The van der Waals surface area contributed by atoms with Crippen LogP contribution in [0.4, 0.5) is 17.1 Å². The molecule has 5 nitrogen and oxygen atoms in total. The minimum Gasteiger partial charge on any atom is -0.458 e. The number of azo groups is 1. The number of hydrogen-bond acceptors (Lipinski definition) is 5. The van der Waals surface area contributed by atoms with Gasteiger partial charge in [0.1, 0.15) is 6.10 Å². The van der Waals surface area contributed by atoms with Gasteiger partial charge in [-0.25, -0.2) is 4.79 Å². The monoisotopic (exact) mass is 407 g/mol. The maximum Gasteiger partial charge on any atom is 0.338 e. The van der Waals surface area contributed by atoms with Gasteiger partial charge >= 0.3 is 5.97 Å². The van der Waals surface area contributed by atoms with Crippen LogP contribution >= 0.6 is 0 Å². The molecule has 3 atom stereocenters. The second kappa shape index (κ2) is 9.88. The molecule has 3 rings (SSSR count). The van der Waals surface area contributed by atoms with E-state index in [9.17, 15) is 4.79 Å². The average molecular weight is 408 g/mol. The lowest BCUT2D eigenvalue weighted by atomic mass is 9.75. The summed E-state index contributed by atoms with van der Waals surface area (Å²) in [7, 11) is 4.00. The van der Waals surface area contributed by atoms with Crippen LogP contribution in [-0.2, 0) is 4.74 Å². The van der Waals surface area contributed by atoms with Crippen molar-refractivity contribution in [3.63, 3.8) is 0 Å². The van der Waals surface area contributed by atoms with Crippen molar-refractivity contribution in [2.75, 3.05) is 19.0 Å². The van der Waals surface area contributed by atoms with E-state index in [0.717, 1.165) is 24.2 Å². The molecule has 0 spiro atoms. The molecule has 1 fully saturated rings. The molecule has 1 aliphatic carbocycles. The first-order valence-corrected chi connectivity index (χ1v) is 10.8. The quantitative estimate of drug-likeness (QED) is 0.391. The van der Waals surface area contributed by atoms with Gasteiger partial charge in [-0.3, -0.25) is 0 Å². The summed E-state index contributed by atoms with van der Waals surface area (Å²) in [5.74, 6) is 1.32. The van der Waals surface area contributed by atoms with Crippen molar-refractivity contribution in [1.29, 1.82) is 0 Å². The van der Waals surface area contributed by atoms with E-state index in [1.165, 1.54) is 6.42 Å². The lowest BCUT2D eigenvalue weighted by Gasteiger charge is -2.36. The van der Waals surface area contributed by atoms with Crippen LogP contribution in [-0.4, -0.2) is 26.2 Å². The van der Waals surface area contributed by atoms with Gasteiger partial charge in [0.05, 0.1) is 16.9 Å². The van der Waals surface area contributed by atoms with Gasteiger partial charge in [0.15, 0.2) is 0 Å². The fraction of sp³-hybridized carbons (Fsp3) is 0.480. The third-order valence-electron chi connectivity index (χ3n) is 5.97.